The van der Waals surface area contributed by atoms with E-state index in [0.29, 0.717) is 5.75 Å². The fourth-order valence-electron chi connectivity index (χ4n) is 1.22. The number of aromatic hydroxyl groups is 1. The third-order valence-electron chi connectivity index (χ3n) is 2.17. The van der Waals surface area contributed by atoms with Crippen LogP contribution in [0.3, 0.4) is 0 Å². The maximum Gasteiger partial charge on any atom is 0.240 e. The van der Waals surface area contributed by atoms with Crippen LogP contribution in [0.5, 0.6) is 11.5 Å². The number of nitrogens with two attached hydrogens (primary N) is 1. The molecule has 0 amide bonds. The zero-order valence-corrected chi connectivity index (χ0v) is 9.52. The van der Waals surface area contributed by atoms with Gasteiger partial charge in [0.15, 0.2) is 0 Å². The average Bonchev–Trinajstić information content (AvgIpc) is 2.54. The summed E-state index contributed by atoms with van der Waals surface area (Å²) >= 11 is 0. The lowest BCUT2D eigenvalue weighted by molar-refractivity contribution is 0.357. The van der Waals surface area contributed by atoms with Crippen molar-refractivity contribution >= 4 is 15.0 Å². The van der Waals surface area contributed by atoms with E-state index in [2.05, 4.69) is 4.99 Å². The van der Waals surface area contributed by atoms with E-state index >= 15 is 0 Å². The van der Waals surface area contributed by atoms with Gasteiger partial charge >= 0.3 is 0 Å². The zero-order chi connectivity index (χ0) is 12.5. The number of phenolic OH excluding ortho intramolecular Hbond substituents is 1. The number of benzene rings is 1. The van der Waals surface area contributed by atoms with E-state index in [1.54, 1.807) is 0 Å². The van der Waals surface area contributed by atoms with Gasteiger partial charge in [-0.2, -0.15) is 0 Å². The molecule has 0 aromatic heterocycles. The Balaban J connectivity index is 2.04. The number of ether oxygens (including phenoxy) is 1. The first-order chi connectivity index (χ1) is 8.00. The van der Waals surface area contributed by atoms with Gasteiger partial charge < -0.3 is 15.6 Å². The topological polar surface area (TPSA) is 102 Å². The van der Waals surface area contributed by atoms with Gasteiger partial charge in [-0.25, -0.2) is 13.4 Å². The number of amidine groups is 1. The van der Waals surface area contributed by atoms with Gasteiger partial charge in [0.25, 0.3) is 0 Å². The Morgan fingerprint density at radius 2 is 1.94 bits per heavy atom. The molecule has 0 radical (unpaired) electrons. The molecule has 1 aliphatic rings. The van der Waals surface area contributed by atoms with Crippen molar-refractivity contribution in [3.63, 3.8) is 0 Å². The van der Waals surface area contributed by atoms with E-state index in [1.807, 2.05) is 0 Å². The Labute approximate surface area is 98.0 Å². The van der Waals surface area contributed by atoms with Crippen molar-refractivity contribution in [2.24, 2.45) is 10.7 Å². The van der Waals surface area contributed by atoms with Crippen molar-refractivity contribution in [1.29, 1.82) is 0 Å². The van der Waals surface area contributed by atoms with Gasteiger partial charge in [-0.3, -0.25) is 0 Å². The zero-order valence-electron chi connectivity index (χ0n) is 8.70. The first kappa shape index (κ1) is 11.5. The molecule has 90 valence electrons. The second-order valence-electron chi connectivity index (χ2n) is 3.35. The van der Waals surface area contributed by atoms with Crippen molar-refractivity contribution < 1.29 is 18.3 Å². The van der Waals surface area contributed by atoms with Crippen LogP contribution in [0.4, 0.5) is 0 Å². The number of aliphatic imine (C=N–C) groups is 1. The Morgan fingerprint density at radius 3 is 2.47 bits per heavy atom. The second kappa shape index (κ2) is 4.10. The smallest absolute Gasteiger partial charge is 0.240 e. The Hall–Kier alpha value is -2.02. The van der Waals surface area contributed by atoms with E-state index in [9.17, 15) is 8.42 Å². The molecule has 1 heterocycles. The number of sulfone groups is 1. The van der Waals surface area contributed by atoms with E-state index in [-0.39, 0.29) is 17.3 Å². The summed E-state index contributed by atoms with van der Waals surface area (Å²) in [7, 11) is -3.63. The third-order valence-corrected chi connectivity index (χ3v) is 3.74. The molecular formula is C10H10N2O4S. The Morgan fingerprint density at radius 1 is 1.29 bits per heavy atom. The molecule has 1 aromatic carbocycles. The second-order valence-corrected chi connectivity index (χ2v) is 5.30. The standard InChI is InChI=1S/C10H10N2O4S/c11-10-12-5-9(17(10,14)15)6-16-8-3-1-7(13)2-4-8/h1-5,13H,6H2,(H2,11,12). The molecule has 7 heteroatoms. The lowest BCUT2D eigenvalue weighted by atomic mass is 10.3. The predicted molar refractivity (Wildman–Crippen MR) is 62.2 cm³/mol. The summed E-state index contributed by atoms with van der Waals surface area (Å²) in [6.45, 7) is -0.142. The summed E-state index contributed by atoms with van der Waals surface area (Å²) in [4.78, 5) is 3.54. The molecule has 0 atom stereocenters. The number of hydrogen-bond donors (Lipinski definition) is 2. The summed E-state index contributed by atoms with van der Waals surface area (Å²) in [5.74, 6) is 0.557. The van der Waals surface area contributed by atoms with Gasteiger partial charge in [0.05, 0.1) is 0 Å². The molecule has 17 heavy (non-hydrogen) atoms. The van der Waals surface area contributed by atoms with E-state index in [1.165, 1.54) is 30.5 Å². The highest BCUT2D eigenvalue weighted by molar-refractivity contribution is 8.09. The quantitative estimate of drug-likeness (QED) is 0.810. The molecule has 0 saturated heterocycles. The van der Waals surface area contributed by atoms with Crippen LogP contribution < -0.4 is 10.5 Å². The van der Waals surface area contributed by atoms with Crippen LogP contribution >= 0.6 is 0 Å². The molecule has 0 aliphatic carbocycles. The lowest BCUT2D eigenvalue weighted by Crippen LogP contribution is -2.23. The number of hydrogen-bond acceptors (Lipinski definition) is 6. The number of nitrogens with zero attached hydrogens (tertiary/aromatic N) is 1. The van der Waals surface area contributed by atoms with Crippen LogP contribution in [0.25, 0.3) is 0 Å². The van der Waals surface area contributed by atoms with Gasteiger partial charge in [-0.05, 0) is 24.3 Å². The minimum absolute atomic E-state index is 0.0167. The molecule has 1 aromatic rings. The maximum absolute atomic E-state index is 11.5. The van der Waals surface area contributed by atoms with Gasteiger partial charge in [0.2, 0.25) is 15.0 Å². The molecular weight excluding hydrogens is 244 g/mol. The van der Waals surface area contributed by atoms with E-state index < -0.39 is 15.0 Å². The van der Waals surface area contributed by atoms with Gasteiger partial charge in [-0.1, -0.05) is 0 Å². The molecule has 0 spiro atoms. The largest absolute Gasteiger partial charge is 0.508 e. The van der Waals surface area contributed by atoms with Crippen LogP contribution in [0.15, 0.2) is 40.4 Å². The number of phenols is 1. The lowest BCUT2D eigenvalue weighted by Gasteiger charge is -2.06. The third kappa shape index (κ3) is 2.23. The van der Waals surface area contributed by atoms with Gasteiger partial charge in [0, 0.05) is 6.20 Å². The SMILES string of the molecule is NC1=NC=C(COc2ccc(O)cc2)S1(=O)=O. The van der Waals surface area contributed by atoms with Crippen molar-refractivity contribution in [2.75, 3.05) is 6.61 Å². The molecule has 3 N–H and O–H groups in total. The first-order valence-electron chi connectivity index (χ1n) is 4.69. The normalized spacial score (nSPS) is 17.4. The van der Waals surface area contributed by atoms with Crippen LogP contribution in [0, 0.1) is 0 Å². The van der Waals surface area contributed by atoms with Crippen molar-refractivity contribution in [3.8, 4) is 11.5 Å². The van der Waals surface area contributed by atoms with Crippen molar-refractivity contribution in [1.82, 2.24) is 0 Å². The predicted octanol–water partition coefficient (Wildman–Crippen LogP) is 0.356. The highest BCUT2D eigenvalue weighted by atomic mass is 32.2. The monoisotopic (exact) mass is 254 g/mol. The van der Waals surface area contributed by atoms with Gasteiger partial charge in [0.1, 0.15) is 23.0 Å². The summed E-state index contributed by atoms with van der Waals surface area (Å²) in [5, 5.41) is 8.64. The number of rotatable bonds is 3. The molecule has 1 aliphatic heterocycles. The van der Waals surface area contributed by atoms with Crippen molar-refractivity contribution in [3.05, 3.63) is 35.4 Å². The minimum Gasteiger partial charge on any atom is -0.508 e. The Bertz CT molecular complexity index is 587. The van der Waals surface area contributed by atoms with Crippen LogP contribution in [-0.2, 0) is 9.84 Å². The summed E-state index contributed by atoms with van der Waals surface area (Å²) in [5.41, 5.74) is 5.21. The van der Waals surface area contributed by atoms with Crippen LogP contribution in [0.1, 0.15) is 0 Å². The Kier molecular flexibility index (Phi) is 2.76. The first-order valence-corrected chi connectivity index (χ1v) is 6.18. The fourth-order valence-corrected chi connectivity index (χ4v) is 2.09. The molecule has 0 fully saturated rings. The average molecular weight is 254 g/mol. The molecule has 0 unspecified atom stereocenters. The van der Waals surface area contributed by atoms with Crippen LogP contribution in [0.2, 0.25) is 0 Å². The van der Waals surface area contributed by atoms with E-state index in [4.69, 9.17) is 15.6 Å². The molecule has 0 saturated carbocycles. The minimum atomic E-state index is -3.63. The fraction of sp³-hybridized carbons (Fsp3) is 0.100. The van der Waals surface area contributed by atoms with E-state index in [0.717, 1.165) is 0 Å². The molecule has 6 nitrogen and oxygen atoms in total. The van der Waals surface area contributed by atoms with Gasteiger partial charge in [-0.15, -0.1) is 0 Å². The highest BCUT2D eigenvalue weighted by Crippen LogP contribution is 2.19. The molecule has 2 rings (SSSR count). The summed E-state index contributed by atoms with van der Waals surface area (Å²) < 4.78 is 28.3. The molecule has 0 bridgehead atoms. The van der Waals surface area contributed by atoms with Crippen molar-refractivity contribution in [2.45, 2.75) is 0 Å². The maximum atomic E-state index is 11.5. The summed E-state index contributed by atoms with van der Waals surface area (Å²) in [6, 6.07) is 5.94. The highest BCUT2D eigenvalue weighted by Gasteiger charge is 2.27. The summed E-state index contributed by atoms with van der Waals surface area (Å²) in [6.07, 6.45) is 1.17. The van der Waals surface area contributed by atoms with Crippen LogP contribution in [-0.4, -0.2) is 25.3 Å².